The Morgan fingerprint density at radius 3 is 1.11 bits per heavy atom. The standard InChI is InChI=1S/C39H76N2O12/c1-7-10-11-12-13-14-15-16-17-18-19-40(8-2,28-34(4)51-25-22-48-31-37(42)43)20-21-41(9-3,29-35(5)52-26-23-49-32-38(44)45)30-36(6)53-27-24-50-33-39(46)47/h34-36H,7-33H2,1-6H3,(H-2,42,43,44,45,46,47)/p+2. The van der Waals surface area contributed by atoms with Crippen molar-refractivity contribution in [1.29, 1.82) is 0 Å². The number of carboxylic acids is 3. The van der Waals surface area contributed by atoms with Crippen LogP contribution in [0.4, 0.5) is 0 Å². The van der Waals surface area contributed by atoms with E-state index in [4.69, 9.17) is 43.7 Å². The number of aliphatic carboxylic acids is 3. The number of unbranched alkanes of at least 4 members (excludes halogenated alkanes) is 9. The summed E-state index contributed by atoms with van der Waals surface area (Å²) in [4.78, 5) is 32.5. The minimum atomic E-state index is -1.01. The van der Waals surface area contributed by atoms with Gasteiger partial charge in [-0.2, -0.15) is 0 Å². The second kappa shape index (κ2) is 32.3. The Balaban J connectivity index is 5.77. The summed E-state index contributed by atoms with van der Waals surface area (Å²) in [6.07, 6.45) is 12.5. The molecule has 0 aromatic heterocycles. The molecule has 0 saturated heterocycles. The summed E-state index contributed by atoms with van der Waals surface area (Å²) >= 11 is 0. The summed E-state index contributed by atoms with van der Waals surface area (Å²) in [5, 5.41) is 26.6. The third kappa shape index (κ3) is 29.1. The summed E-state index contributed by atoms with van der Waals surface area (Å²) in [6.45, 7) is 20.3. The quantitative estimate of drug-likeness (QED) is 0.0559. The Kier molecular flexibility index (Phi) is 31.2. The largest absolute Gasteiger partial charge is 0.480 e. The molecule has 0 aliphatic rings. The smallest absolute Gasteiger partial charge is 0.329 e. The van der Waals surface area contributed by atoms with E-state index >= 15 is 0 Å². The molecule has 0 saturated carbocycles. The van der Waals surface area contributed by atoms with Crippen LogP contribution >= 0.6 is 0 Å². The molecule has 14 nitrogen and oxygen atoms in total. The molecular formula is C39H78N2O12+2. The van der Waals surface area contributed by atoms with Gasteiger partial charge in [-0.15, -0.1) is 0 Å². The van der Waals surface area contributed by atoms with Crippen LogP contribution in [-0.4, -0.2) is 172 Å². The first-order valence-electron chi connectivity index (χ1n) is 20.3. The molecule has 3 N–H and O–H groups in total. The maximum absolute atomic E-state index is 10.8. The van der Waals surface area contributed by atoms with Gasteiger partial charge in [-0.25, -0.2) is 14.4 Å². The average molecular weight is 767 g/mol. The monoisotopic (exact) mass is 767 g/mol. The van der Waals surface area contributed by atoms with Crippen molar-refractivity contribution in [2.75, 3.05) is 112 Å². The first kappa shape index (κ1) is 51.1. The van der Waals surface area contributed by atoms with E-state index in [1.54, 1.807) is 0 Å². The van der Waals surface area contributed by atoms with E-state index in [0.29, 0.717) is 19.8 Å². The summed E-state index contributed by atoms with van der Waals surface area (Å²) in [6, 6.07) is 0. The maximum atomic E-state index is 10.8. The molecule has 0 spiro atoms. The van der Waals surface area contributed by atoms with Crippen LogP contribution in [0.3, 0.4) is 0 Å². The minimum Gasteiger partial charge on any atom is -0.480 e. The first-order valence-corrected chi connectivity index (χ1v) is 20.3. The van der Waals surface area contributed by atoms with Crippen molar-refractivity contribution >= 4 is 17.9 Å². The van der Waals surface area contributed by atoms with E-state index in [1.807, 2.05) is 13.8 Å². The third-order valence-corrected chi connectivity index (χ3v) is 9.88. The number of hydrogen-bond acceptors (Lipinski definition) is 9. The zero-order chi connectivity index (χ0) is 39.8. The number of likely N-dealkylation sites (N-methyl/N-ethyl adjacent to an activating group) is 2. The van der Waals surface area contributed by atoms with Gasteiger partial charge in [0.25, 0.3) is 0 Å². The van der Waals surface area contributed by atoms with E-state index in [2.05, 4.69) is 27.7 Å². The molecule has 0 aromatic carbocycles. The van der Waals surface area contributed by atoms with Crippen LogP contribution in [0.15, 0.2) is 0 Å². The van der Waals surface area contributed by atoms with E-state index in [-0.39, 0.29) is 58.0 Å². The SMILES string of the molecule is CCCCCCCCCCCC[N+](CC)(CC[N+](CC)(CC(C)OCCOCC(=O)O)CC(C)OCCOCC(=O)O)CC(C)OCCOCC(=O)O. The van der Waals surface area contributed by atoms with Crippen molar-refractivity contribution in [2.45, 2.75) is 124 Å². The van der Waals surface area contributed by atoms with E-state index in [1.165, 1.54) is 57.8 Å². The second-order valence-corrected chi connectivity index (χ2v) is 14.6. The molecule has 4 unspecified atom stereocenters. The molecular weight excluding hydrogens is 688 g/mol. The highest BCUT2D eigenvalue weighted by atomic mass is 16.6. The molecule has 53 heavy (non-hydrogen) atoms. The lowest BCUT2D eigenvalue weighted by molar-refractivity contribution is -0.983. The number of quaternary nitrogens is 2. The van der Waals surface area contributed by atoms with Gasteiger partial charge in [-0.1, -0.05) is 58.3 Å². The topological polar surface area (TPSA) is 167 Å². The molecule has 0 bridgehead atoms. The number of rotatable bonds is 40. The predicted molar refractivity (Wildman–Crippen MR) is 204 cm³/mol. The van der Waals surface area contributed by atoms with Crippen LogP contribution in [0.25, 0.3) is 0 Å². The van der Waals surface area contributed by atoms with Gasteiger partial charge in [0.1, 0.15) is 70.9 Å². The lowest BCUT2D eigenvalue weighted by Gasteiger charge is -2.45. The molecule has 0 heterocycles. The van der Waals surface area contributed by atoms with Gasteiger partial charge < -0.3 is 52.7 Å². The van der Waals surface area contributed by atoms with Gasteiger partial charge in [0.15, 0.2) is 0 Å². The molecule has 0 fully saturated rings. The molecule has 0 amide bonds. The number of carboxylic acid groups (broad SMARTS) is 3. The fraction of sp³-hybridized carbons (Fsp3) is 0.923. The number of carbonyl (C=O) groups is 3. The van der Waals surface area contributed by atoms with Crippen molar-refractivity contribution in [3.8, 4) is 0 Å². The fourth-order valence-corrected chi connectivity index (χ4v) is 6.97. The predicted octanol–water partition coefficient (Wildman–Crippen LogP) is 5.10. The summed E-state index contributed by atoms with van der Waals surface area (Å²) in [5.74, 6) is -3.02. The molecule has 0 radical (unpaired) electrons. The maximum Gasteiger partial charge on any atom is 0.329 e. The van der Waals surface area contributed by atoms with E-state index < -0.39 is 17.9 Å². The molecule has 0 rings (SSSR count). The van der Waals surface area contributed by atoms with Crippen LogP contribution in [-0.2, 0) is 42.8 Å². The van der Waals surface area contributed by atoms with E-state index in [0.717, 1.165) is 67.7 Å². The minimum absolute atomic E-state index is 0.0452. The normalized spacial score (nSPS) is 15.7. The molecule has 14 heteroatoms. The highest BCUT2D eigenvalue weighted by Crippen LogP contribution is 2.20. The number of nitrogens with zero attached hydrogens (tertiary/aromatic N) is 2. The molecule has 0 aliphatic heterocycles. The lowest BCUT2D eigenvalue weighted by Crippen LogP contribution is -2.62. The van der Waals surface area contributed by atoms with Crippen LogP contribution in [0.2, 0.25) is 0 Å². The van der Waals surface area contributed by atoms with Gasteiger partial charge in [0, 0.05) is 0 Å². The average Bonchev–Trinajstić information content (AvgIpc) is 3.10. The molecule has 314 valence electrons. The van der Waals surface area contributed by atoms with Gasteiger partial charge in [0.2, 0.25) is 0 Å². The zero-order valence-corrected chi connectivity index (χ0v) is 34.2. The first-order chi connectivity index (χ1) is 25.3. The fourth-order valence-electron chi connectivity index (χ4n) is 6.97. The van der Waals surface area contributed by atoms with Crippen molar-refractivity contribution < 1.29 is 67.1 Å². The summed E-state index contributed by atoms with van der Waals surface area (Å²) < 4.78 is 35.6. The number of ether oxygens (including phenoxy) is 6. The highest BCUT2D eigenvalue weighted by molar-refractivity contribution is 5.68. The van der Waals surface area contributed by atoms with Gasteiger partial charge in [0.05, 0.1) is 59.3 Å². The zero-order valence-electron chi connectivity index (χ0n) is 34.2. The molecule has 0 aromatic rings. The van der Waals surface area contributed by atoms with Gasteiger partial charge in [-0.05, 0) is 47.5 Å². The van der Waals surface area contributed by atoms with Crippen LogP contribution in [0, 0.1) is 0 Å². The Labute approximate surface area is 320 Å². The Hall–Kier alpha value is -1.91. The van der Waals surface area contributed by atoms with Crippen LogP contribution in [0.5, 0.6) is 0 Å². The van der Waals surface area contributed by atoms with Crippen molar-refractivity contribution in [3.05, 3.63) is 0 Å². The Morgan fingerprint density at radius 2 is 0.774 bits per heavy atom. The summed E-state index contributed by atoms with van der Waals surface area (Å²) in [5.41, 5.74) is 0. The Bertz CT molecular complexity index is 895. The van der Waals surface area contributed by atoms with Crippen LogP contribution in [0.1, 0.15) is 106 Å². The van der Waals surface area contributed by atoms with Crippen LogP contribution < -0.4 is 0 Å². The van der Waals surface area contributed by atoms with Crippen molar-refractivity contribution in [2.24, 2.45) is 0 Å². The highest BCUT2D eigenvalue weighted by Gasteiger charge is 2.36. The van der Waals surface area contributed by atoms with E-state index in [9.17, 15) is 14.4 Å². The van der Waals surface area contributed by atoms with Crippen molar-refractivity contribution in [1.82, 2.24) is 0 Å². The summed E-state index contributed by atoms with van der Waals surface area (Å²) in [7, 11) is 0. The molecule has 0 aliphatic carbocycles. The molecule has 4 atom stereocenters. The van der Waals surface area contributed by atoms with Gasteiger partial charge in [-0.3, -0.25) is 0 Å². The Morgan fingerprint density at radius 1 is 0.453 bits per heavy atom. The third-order valence-electron chi connectivity index (χ3n) is 9.88. The second-order valence-electron chi connectivity index (χ2n) is 14.6. The lowest BCUT2D eigenvalue weighted by atomic mass is 10.1. The van der Waals surface area contributed by atoms with Crippen molar-refractivity contribution in [3.63, 3.8) is 0 Å². The van der Waals surface area contributed by atoms with Gasteiger partial charge >= 0.3 is 17.9 Å². The number of hydrogen-bond donors (Lipinski definition) is 3.